The summed E-state index contributed by atoms with van der Waals surface area (Å²) in [4.78, 5) is 12.7. The number of aryl methyl sites for hydroxylation is 2. The Bertz CT molecular complexity index is 788. The molecular formula is C21H24N4. The summed E-state index contributed by atoms with van der Waals surface area (Å²) in [6.45, 7) is 4.36. The van der Waals surface area contributed by atoms with Crippen molar-refractivity contribution in [3.05, 3.63) is 72.4 Å². The van der Waals surface area contributed by atoms with Crippen molar-refractivity contribution in [3.63, 3.8) is 0 Å². The zero-order valence-electron chi connectivity index (χ0n) is 14.8. The van der Waals surface area contributed by atoms with Crippen LogP contribution in [0.15, 0.2) is 61.3 Å². The number of hydrogen-bond acceptors (Lipinski definition) is 4. The molecule has 0 bridgehead atoms. The maximum atomic E-state index is 4.39. The van der Waals surface area contributed by atoms with Gasteiger partial charge in [-0.05, 0) is 56.4 Å². The van der Waals surface area contributed by atoms with Crippen molar-refractivity contribution in [1.29, 1.82) is 0 Å². The summed E-state index contributed by atoms with van der Waals surface area (Å²) < 4.78 is 0. The smallest absolute Gasteiger partial charge is 0.0885 e. The van der Waals surface area contributed by atoms with Crippen molar-refractivity contribution >= 4 is 5.69 Å². The number of nitrogens with zero attached hydrogens (tertiary/aromatic N) is 3. The average Bonchev–Trinajstić information content (AvgIpc) is 2.65. The molecule has 1 atom stereocenters. The number of benzene rings is 1. The van der Waals surface area contributed by atoms with Crippen LogP contribution in [0.4, 0.5) is 5.69 Å². The van der Waals surface area contributed by atoms with E-state index in [1.165, 1.54) is 11.1 Å². The molecule has 4 heteroatoms. The molecule has 4 nitrogen and oxygen atoms in total. The van der Waals surface area contributed by atoms with E-state index >= 15 is 0 Å². The Morgan fingerprint density at radius 3 is 2.68 bits per heavy atom. The minimum Gasteiger partial charge on any atom is -0.382 e. The molecule has 128 valence electrons. The molecule has 0 aliphatic rings. The molecular weight excluding hydrogens is 308 g/mol. The van der Waals surface area contributed by atoms with E-state index in [1.54, 1.807) is 18.6 Å². The van der Waals surface area contributed by atoms with Gasteiger partial charge in [-0.15, -0.1) is 0 Å². The molecule has 0 saturated heterocycles. The Kier molecular flexibility index (Phi) is 5.73. The Morgan fingerprint density at radius 1 is 1.04 bits per heavy atom. The van der Waals surface area contributed by atoms with Crippen LogP contribution in [0.3, 0.4) is 0 Å². The third kappa shape index (κ3) is 4.86. The molecule has 25 heavy (non-hydrogen) atoms. The first-order valence-corrected chi connectivity index (χ1v) is 8.75. The average molecular weight is 332 g/mol. The van der Waals surface area contributed by atoms with Crippen molar-refractivity contribution in [2.24, 2.45) is 0 Å². The van der Waals surface area contributed by atoms with Crippen LogP contribution in [0, 0.1) is 6.92 Å². The summed E-state index contributed by atoms with van der Waals surface area (Å²) >= 11 is 0. The molecule has 0 radical (unpaired) electrons. The topological polar surface area (TPSA) is 50.7 Å². The van der Waals surface area contributed by atoms with Gasteiger partial charge >= 0.3 is 0 Å². The first-order chi connectivity index (χ1) is 12.2. The van der Waals surface area contributed by atoms with Gasteiger partial charge in [-0.3, -0.25) is 15.0 Å². The molecule has 3 rings (SSSR count). The second kappa shape index (κ2) is 8.38. The highest BCUT2D eigenvalue weighted by Gasteiger charge is 2.07. The molecule has 0 fully saturated rings. The lowest BCUT2D eigenvalue weighted by molar-refractivity contribution is 0.654. The zero-order chi connectivity index (χ0) is 17.5. The Labute approximate surface area is 149 Å². The lowest BCUT2D eigenvalue weighted by Crippen LogP contribution is -2.16. The van der Waals surface area contributed by atoms with Crippen molar-refractivity contribution in [2.45, 2.75) is 39.2 Å². The van der Waals surface area contributed by atoms with Gasteiger partial charge in [0.2, 0.25) is 0 Å². The van der Waals surface area contributed by atoms with Crippen molar-refractivity contribution in [2.75, 3.05) is 5.32 Å². The number of hydrogen-bond donors (Lipinski definition) is 1. The van der Waals surface area contributed by atoms with Gasteiger partial charge in [0, 0.05) is 42.1 Å². The van der Waals surface area contributed by atoms with Gasteiger partial charge < -0.3 is 5.32 Å². The Balaban J connectivity index is 1.60. The van der Waals surface area contributed by atoms with E-state index in [0.29, 0.717) is 6.04 Å². The fourth-order valence-corrected chi connectivity index (χ4v) is 2.88. The predicted octanol–water partition coefficient (Wildman–Crippen LogP) is 4.67. The highest BCUT2D eigenvalue weighted by molar-refractivity contribution is 5.67. The quantitative estimate of drug-likeness (QED) is 0.683. The second-order valence-corrected chi connectivity index (χ2v) is 6.42. The van der Waals surface area contributed by atoms with Gasteiger partial charge in [-0.1, -0.05) is 18.2 Å². The summed E-state index contributed by atoms with van der Waals surface area (Å²) in [5, 5.41) is 3.64. The molecule has 2 aromatic heterocycles. The van der Waals surface area contributed by atoms with E-state index in [2.05, 4.69) is 58.4 Å². The molecule has 1 aromatic carbocycles. The molecule has 0 aliphatic heterocycles. The summed E-state index contributed by atoms with van der Waals surface area (Å²) in [6, 6.07) is 10.9. The third-order valence-corrected chi connectivity index (χ3v) is 4.32. The standard InChI is InChI=1S/C21H24N4/c1-16-8-9-19(21-15-23-11-12-24-21)13-20(16)25-17(2)5-3-6-18-7-4-10-22-14-18/h4,7-15,17,25H,3,5-6H2,1-2H3. The lowest BCUT2D eigenvalue weighted by atomic mass is 10.0. The predicted molar refractivity (Wildman–Crippen MR) is 102 cm³/mol. The molecule has 1 unspecified atom stereocenters. The normalized spacial score (nSPS) is 11.9. The van der Waals surface area contributed by atoms with Crippen molar-refractivity contribution in [1.82, 2.24) is 15.0 Å². The number of nitrogens with one attached hydrogen (secondary N) is 1. The highest BCUT2D eigenvalue weighted by atomic mass is 14.9. The van der Waals surface area contributed by atoms with E-state index in [-0.39, 0.29) is 0 Å². The minimum absolute atomic E-state index is 0.410. The van der Waals surface area contributed by atoms with Crippen LogP contribution < -0.4 is 5.32 Å². The number of pyridine rings is 1. The maximum Gasteiger partial charge on any atom is 0.0885 e. The zero-order valence-corrected chi connectivity index (χ0v) is 14.8. The first-order valence-electron chi connectivity index (χ1n) is 8.75. The summed E-state index contributed by atoms with van der Waals surface area (Å²) in [7, 11) is 0. The van der Waals surface area contributed by atoms with Crippen LogP contribution in [0.5, 0.6) is 0 Å². The van der Waals surface area contributed by atoms with Crippen molar-refractivity contribution < 1.29 is 0 Å². The van der Waals surface area contributed by atoms with Crippen LogP contribution >= 0.6 is 0 Å². The fourth-order valence-electron chi connectivity index (χ4n) is 2.88. The highest BCUT2D eigenvalue weighted by Crippen LogP contribution is 2.24. The third-order valence-electron chi connectivity index (χ3n) is 4.32. The van der Waals surface area contributed by atoms with Crippen molar-refractivity contribution in [3.8, 4) is 11.3 Å². The monoisotopic (exact) mass is 332 g/mol. The molecule has 0 amide bonds. The summed E-state index contributed by atoms with van der Waals surface area (Å²) in [5.41, 5.74) is 5.69. The van der Waals surface area contributed by atoms with E-state index in [4.69, 9.17) is 0 Å². The first kappa shape index (κ1) is 17.1. The van der Waals surface area contributed by atoms with Crippen LogP contribution in [-0.4, -0.2) is 21.0 Å². The van der Waals surface area contributed by atoms with Crippen LogP contribution in [0.2, 0.25) is 0 Å². The molecule has 0 saturated carbocycles. The van der Waals surface area contributed by atoms with E-state index in [9.17, 15) is 0 Å². The lowest BCUT2D eigenvalue weighted by Gasteiger charge is -2.18. The second-order valence-electron chi connectivity index (χ2n) is 6.42. The molecule has 1 N–H and O–H groups in total. The molecule has 3 aromatic rings. The largest absolute Gasteiger partial charge is 0.382 e. The van der Waals surface area contributed by atoms with Gasteiger partial charge in [0.1, 0.15) is 0 Å². The van der Waals surface area contributed by atoms with Gasteiger partial charge in [-0.2, -0.15) is 0 Å². The molecule has 0 aliphatic carbocycles. The molecule has 0 spiro atoms. The molecule has 2 heterocycles. The van der Waals surface area contributed by atoms with E-state index in [1.807, 2.05) is 18.5 Å². The summed E-state index contributed by atoms with van der Waals surface area (Å²) in [6.07, 6.45) is 12.3. The summed E-state index contributed by atoms with van der Waals surface area (Å²) in [5.74, 6) is 0. The van der Waals surface area contributed by atoms with Crippen LogP contribution in [0.25, 0.3) is 11.3 Å². The number of aromatic nitrogens is 3. The SMILES string of the molecule is Cc1ccc(-c2cnccn2)cc1NC(C)CCCc1cccnc1. The maximum absolute atomic E-state index is 4.39. The number of anilines is 1. The van der Waals surface area contributed by atoms with E-state index < -0.39 is 0 Å². The van der Waals surface area contributed by atoms with E-state index in [0.717, 1.165) is 36.2 Å². The van der Waals surface area contributed by atoms with Gasteiger partial charge in [0.25, 0.3) is 0 Å². The van der Waals surface area contributed by atoms with Gasteiger partial charge in [0.15, 0.2) is 0 Å². The minimum atomic E-state index is 0.410. The fraction of sp³-hybridized carbons (Fsp3) is 0.286. The number of rotatable bonds is 7. The van der Waals surface area contributed by atoms with Crippen LogP contribution in [0.1, 0.15) is 30.9 Å². The Morgan fingerprint density at radius 2 is 1.92 bits per heavy atom. The Hall–Kier alpha value is -2.75. The van der Waals surface area contributed by atoms with Gasteiger partial charge in [-0.25, -0.2) is 0 Å². The van der Waals surface area contributed by atoms with Gasteiger partial charge in [0.05, 0.1) is 11.9 Å². The van der Waals surface area contributed by atoms with Crippen LogP contribution in [-0.2, 0) is 6.42 Å².